The summed E-state index contributed by atoms with van der Waals surface area (Å²) in [7, 11) is 0. The molecule has 0 aliphatic heterocycles. The van der Waals surface area contributed by atoms with Crippen molar-refractivity contribution in [1.82, 2.24) is 0 Å². The number of rotatable bonds is 6. The number of halogens is 1. The number of benzene rings is 1. The molecule has 3 unspecified atom stereocenters. The number of anilines is 1. The van der Waals surface area contributed by atoms with Crippen molar-refractivity contribution in [1.29, 1.82) is 0 Å². The van der Waals surface area contributed by atoms with Crippen molar-refractivity contribution in [2.24, 2.45) is 17.8 Å². The molecule has 2 saturated carbocycles. The third-order valence-corrected chi connectivity index (χ3v) is 5.41. The summed E-state index contributed by atoms with van der Waals surface area (Å²) < 4.78 is 0. The Bertz CT molecular complexity index is 502. The molecule has 1 N–H and O–H groups in total. The van der Waals surface area contributed by atoms with E-state index >= 15 is 0 Å². The zero-order valence-corrected chi connectivity index (χ0v) is 13.2. The molecule has 0 saturated heterocycles. The molecular formula is C18H24ClNO. The van der Waals surface area contributed by atoms with Gasteiger partial charge in [0, 0.05) is 18.0 Å². The largest absolute Gasteiger partial charge is 0.326 e. The van der Waals surface area contributed by atoms with Crippen LogP contribution in [0.5, 0.6) is 0 Å². The Morgan fingerprint density at radius 3 is 2.90 bits per heavy atom. The van der Waals surface area contributed by atoms with Gasteiger partial charge in [-0.3, -0.25) is 4.79 Å². The fourth-order valence-corrected chi connectivity index (χ4v) is 4.29. The molecule has 3 rings (SSSR count). The Morgan fingerprint density at radius 1 is 1.29 bits per heavy atom. The van der Waals surface area contributed by atoms with Gasteiger partial charge in [-0.2, -0.15) is 0 Å². The summed E-state index contributed by atoms with van der Waals surface area (Å²) in [5.74, 6) is 3.22. The SMILES string of the molecule is O=C(CC1CC2CCC1C2)Nc1cccc(CCCCl)c1. The average Bonchev–Trinajstić information content (AvgIpc) is 3.08. The average molecular weight is 306 g/mol. The second kappa shape index (κ2) is 6.83. The van der Waals surface area contributed by atoms with Gasteiger partial charge in [-0.1, -0.05) is 18.6 Å². The number of fused-ring (bicyclic) bond motifs is 2. The van der Waals surface area contributed by atoms with Crippen molar-refractivity contribution in [2.75, 3.05) is 11.2 Å². The third kappa shape index (κ3) is 3.79. The number of alkyl halides is 1. The number of carbonyl (C=O) groups is 1. The number of hydrogen-bond acceptors (Lipinski definition) is 1. The highest BCUT2D eigenvalue weighted by atomic mass is 35.5. The van der Waals surface area contributed by atoms with Crippen molar-refractivity contribution in [2.45, 2.75) is 44.9 Å². The van der Waals surface area contributed by atoms with Crippen LogP contribution in [-0.4, -0.2) is 11.8 Å². The Labute approximate surface area is 132 Å². The summed E-state index contributed by atoms with van der Waals surface area (Å²) in [6.07, 6.45) is 8.03. The van der Waals surface area contributed by atoms with Crippen molar-refractivity contribution in [3.63, 3.8) is 0 Å². The monoisotopic (exact) mass is 305 g/mol. The minimum atomic E-state index is 0.182. The second-order valence-electron chi connectivity index (χ2n) is 6.68. The van der Waals surface area contributed by atoms with Crippen LogP contribution in [0.3, 0.4) is 0 Å². The number of hydrogen-bond donors (Lipinski definition) is 1. The summed E-state index contributed by atoms with van der Waals surface area (Å²) in [6.45, 7) is 0. The zero-order valence-electron chi connectivity index (χ0n) is 12.5. The molecule has 2 aliphatic rings. The lowest BCUT2D eigenvalue weighted by Gasteiger charge is -2.21. The van der Waals surface area contributed by atoms with Gasteiger partial charge in [-0.25, -0.2) is 0 Å². The maximum absolute atomic E-state index is 12.2. The Balaban J connectivity index is 1.52. The topological polar surface area (TPSA) is 29.1 Å². The van der Waals surface area contributed by atoms with Gasteiger partial charge in [0.2, 0.25) is 5.91 Å². The Hall–Kier alpha value is -1.02. The number of amides is 1. The summed E-state index contributed by atoms with van der Waals surface area (Å²) >= 11 is 5.73. The molecule has 0 aromatic heterocycles. The van der Waals surface area contributed by atoms with Gasteiger partial charge < -0.3 is 5.32 Å². The predicted molar refractivity (Wildman–Crippen MR) is 87.7 cm³/mol. The molecule has 0 radical (unpaired) electrons. The highest BCUT2D eigenvalue weighted by Crippen LogP contribution is 2.49. The van der Waals surface area contributed by atoms with Crippen molar-refractivity contribution < 1.29 is 4.79 Å². The maximum atomic E-state index is 12.2. The van der Waals surface area contributed by atoms with Gasteiger partial charge in [0.1, 0.15) is 0 Å². The lowest BCUT2D eigenvalue weighted by Crippen LogP contribution is -2.20. The Kier molecular flexibility index (Phi) is 4.84. The van der Waals surface area contributed by atoms with Crippen LogP contribution in [0.4, 0.5) is 5.69 Å². The van der Waals surface area contributed by atoms with Crippen LogP contribution in [0.15, 0.2) is 24.3 Å². The molecule has 0 spiro atoms. The first kappa shape index (κ1) is 14.9. The number of carbonyl (C=O) groups excluding carboxylic acids is 1. The van der Waals surface area contributed by atoms with Gasteiger partial charge in [0.15, 0.2) is 0 Å². The van der Waals surface area contributed by atoms with Crippen molar-refractivity contribution in [3.8, 4) is 0 Å². The molecule has 2 fully saturated rings. The summed E-state index contributed by atoms with van der Waals surface area (Å²) in [5.41, 5.74) is 2.17. The van der Waals surface area contributed by atoms with E-state index in [-0.39, 0.29) is 5.91 Å². The van der Waals surface area contributed by atoms with E-state index in [1.165, 1.54) is 31.2 Å². The third-order valence-electron chi connectivity index (χ3n) is 5.14. The van der Waals surface area contributed by atoms with E-state index in [9.17, 15) is 4.79 Å². The molecular weight excluding hydrogens is 282 g/mol. The van der Waals surface area contributed by atoms with E-state index in [2.05, 4.69) is 17.4 Å². The smallest absolute Gasteiger partial charge is 0.224 e. The normalized spacial score (nSPS) is 27.0. The number of nitrogens with one attached hydrogen (secondary N) is 1. The van der Waals surface area contributed by atoms with E-state index < -0.39 is 0 Å². The van der Waals surface area contributed by atoms with E-state index in [0.717, 1.165) is 30.4 Å². The van der Waals surface area contributed by atoms with Crippen LogP contribution in [0.1, 0.15) is 44.1 Å². The molecule has 3 atom stereocenters. The van der Waals surface area contributed by atoms with Crippen LogP contribution < -0.4 is 5.32 Å². The van der Waals surface area contributed by atoms with Crippen LogP contribution in [0.25, 0.3) is 0 Å². The first-order valence-electron chi connectivity index (χ1n) is 8.19. The molecule has 21 heavy (non-hydrogen) atoms. The van der Waals surface area contributed by atoms with Crippen LogP contribution in [-0.2, 0) is 11.2 Å². The van der Waals surface area contributed by atoms with E-state index in [1.807, 2.05) is 12.1 Å². The summed E-state index contributed by atoms with van der Waals surface area (Å²) in [6, 6.07) is 8.16. The highest BCUT2D eigenvalue weighted by Gasteiger charge is 2.40. The standard InChI is InChI=1S/C18H24ClNO/c19-8-2-4-13-3-1-5-17(11-13)20-18(21)12-16-10-14-6-7-15(16)9-14/h1,3,5,11,14-16H,2,4,6-10,12H2,(H,20,21). The highest BCUT2D eigenvalue weighted by molar-refractivity contribution is 6.17. The van der Waals surface area contributed by atoms with E-state index in [4.69, 9.17) is 11.6 Å². The first-order chi connectivity index (χ1) is 10.2. The van der Waals surface area contributed by atoms with Crippen LogP contribution in [0.2, 0.25) is 0 Å². The quantitative estimate of drug-likeness (QED) is 0.763. The van der Waals surface area contributed by atoms with Gasteiger partial charge in [0.25, 0.3) is 0 Å². The lowest BCUT2D eigenvalue weighted by molar-refractivity contribution is -0.117. The minimum absolute atomic E-state index is 0.182. The second-order valence-corrected chi connectivity index (χ2v) is 7.06. The van der Waals surface area contributed by atoms with Gasteiger partial charge >= 0.3 is 0 Å². The molecule has 114 valence electrons. The molecule has 2 aliphatic carbocycles. The van der Waals surface area contributed by atoms with Crippen molar-refractivity contribution in [3.05, 3.63) is 29.8 Å². The van der Waals surface area contributed by atoms with Crippen LogP contribution in [0, 0.1) is 17.8 Å². The molecule has 0 heterocycles. The molecule has 1 aromatic rings. The molecule has 3 heteroatoms. The zero-order chi connectivity index (χ0) is 14.7. The maximum Gasteiger partial charge on any atom is 0.224 e. The van der Waals surface area contributed by atoms with E-state index in [0.29, 0.717) is 18.2 Å². The first-order valence-corrected chi connectivity index (χ1v) is 8.73. The summed E-state index contributed by atoms with van der Waals surface area (Å²) in [5, 5.41) is 3.07. The van der Waals surface area contributed by atoms with E-state index in [1.54, 1.807) is 0 Å². The Morgan fingerprint density at radius 2 is 2.19 bits per heavy atom. The van der Waals surface area contributed by atoms with Crippen molar-refractivity contribution >= 4 is 23.2 Å². The predicted octanol–water partition coefficient (Wildman–Crippen LogP) is 4.62. The lowest BCUT2D eigenvalue weighted by atomic mass is 9.86. The van der Waals surface area contributed by atoms with Crippen LogP contribution >= 0.6 is 11.6 Å². The molecule has 2 bridgehead atoms. The fraction of sp³-hybridized carbons (Fsp3) is 0.611. The fourth-order valence-electron chi connectivity index (χ4n) is 4.15. The number of aryl methyl sites for hydroxylation is 1. The molecule has 2 nitrogen and oxygen atoms in total. The van der Waals surface area contributed by atoms with Gasteiger partial charge in [-0.15, -0.1) is 11.6 Å². The molecule has 1 amide bonds. The summed E-state index contributed by atoms with van der Waals surface area (Å²) in [4.78, 5) is 12.2. The van der Waals surface area contributed by atoms with Gasteiger partial charge in [0.05, 0.1) is 0 Å². The molecule has 1 aromatic carbocycles. The van der Waals surface area contributed by atoms with Gasteiger partial charge in [-0.05, 0) is 67.6 Å². The minimum Gasteiger partial charge on any atom is -0.326 e.